The third-order valence-corrected chi connectivity index (χ3v) is 5.27. The lowest BCUT2D eigenvalue weighted by Crippen LogP contribution is -2.27. The van der Waals surface area contributed by atoms with Crippen LogP contribution in [0.1, 0.15) is 21.9 Å². The van der Waals surface area contributed by atoms with Gasteiger partial charge in [-0.15, -0.1) is 0 Å². The third-order valence-electron chi connectivity index (χ3n) is 5.27. The van der Waals surface area contributed by atoms with Gasteiger partial charge in [-0.3, -0.25) is 4.79 Å². The molecule has 5 aromatic rings. The molecule has 0 aliphatic carbocycles. The molecule has 7 heteroatoms. The van der Waals surface area contributed by atoms with Crippen molar-refractivity contribution in [1.29, 1.82) is 0 Å². The lowest BCUT2D eigenvalue weighted by molar-refractivity contribution is 0.0783. The van der Waals surface area contributed by atoms with E-state index in [1.807, 2.05) is 67.6 Å². The van der Waals surface area contributed by atoms with Crippen LogP contribution < -0.4 is 0 Å². The minimum absolute atomic E-state index is 0.179. The molecule has 0 radical (unpaired) electrons. The molecular formula is C24H20N6O. The number of rotatable bonds is 4. The van der Waals surface area contributed by atoms with Gasteiger partial charge in [0.15, 0.2) is 5.65 Å². The zero-order valence-corrected chi connectivity index (χ0v) is 17.2. The van der Waals surface area contributed by atoms with Crippen LogP contribution in [0.5, 0.6) is 0 Å². The zero-order valence-electron chi connectivity index (χ0n) is 17.2. The minimum atomic E-state index is -0.179. The molecule has 2 aromatic carbocycles. The van der Waals surface area contributed by atoms with E-state index < -0.39 is 0 Å². The van der Waals surface area contributed by atoms with Crippen LogP contribution in [-0.2, 0) is 6.54 Å². The maximum Gasteiger partial charge on any atom is 0.259 e. The molecular weight excluding hydrogens is 388 g/mol. The van der Waals surface area contributed by atoms with Crippen molar-refractivity contribution in [1.82, 2.24) is 29.5 Å². The molecule has 0 saturated carbocycles. The van der Waals surface area contributed by atoms with Crippen molar-refractivity contribution < 1.29 is 4.79 Å². The first-order valence-electron chi connectivity index (χ1n) is 9.98. The highest BCUT2D eigenvalue weighted by molar-refractivity contribution is 5.99. The van der Waals surface area contributed by atoms with Gasteiger partial charge in [0, 0.05) is 29.9 Å². The summed E-state index contributed by atoms with van der Waals surface area (Å²) < 4.78 is 1.70. The lowest BCUT2D eigenvalue weighted by Gasteiger charge is -2.16. The highest BCUT2D eigenvalue weighted by Gasteiger charge is 2.20. The predicted molar refractivity (Wildman–Crippen MR) is 118 cm³/mol. The number of benzene rings is 2. The van der Waals surface area contributed by atoms with Crippen LogP contribution in [0.4, 0.5) is 0 Å². The fraction of sp³-hybridized carbons (Fsp3) is 0.125. The monoisotopic (exact) mass is 408 g/mol. The smallest absolute Gasteiger partial charge is 0.259 e. The number of nitrogens with zero attached hydrogens (tertiary/aromatic N) is 6. The second-order valence-corrected chi connectivity index (χ2v) is 7.39. The van der Waals surface area contributed by atoms with Gasteiger partial charge in [0.1, 0.15) is 11.4 Å². The Bertz CT molecular complexity index is 1410. The largest absolute Gasteiger partial charge is 0.334 e. The SMILES string of the molecule is Cc1nc(CN(C)C(=O)c2cnn3c(-c4ccccc4)ccnc23)nc2ccccc12. The minimum Gasteiger partial charge on any atom is -0.334 e. The highest BCUT2D eigenvalue weighted by atomic mass is 16.2. The average molecular weight is 408 g/mol. The first-order valence-corrected chi connectivity index (χ1v) is 9.98. The molecule has 0 aliphatic heterocycles. The number of fused-ring (bicyclic) bond motifs is 2. The van der Waals surface area contributed by atoms with E-state index in [-0.39, 0.29) is 5.91 Å². The first kappa shape index (κ1) is 18.9. The molecule has 152 valence electrons. The Morgan fingerprint density at radius 1 is 1.00 bits per heavy atom. The normalized spacial score (nSPS) is 11.2. The summed E-state index contributed by atoms with van der Waals surface area (Å²) in [4.78, 5) is 28.4. The van der Waals surface area contributed by atoms with Crippen molar-refractivity contribution in [3.8, 4) is 11.3 Å². The number of carbonyl (C=O) groups excluding carboxylic acids is 1. The van der Waals surface area contributed by atoms with Gasteiger partial charge in [-0.25, -0.2) is 19.5 Å². The number of carbonyl (C=O) groups is 1. The number of amides is 1. The average Bonchev–Trinajstić information content (AvgIpc) is 3.23. The van der Waals surface area contributed by atoms with E-state index in [1.165, 1.54) is 0 Å². The Hall–Kier alpha value is -4.13. The van der Waals surface area contributed by atoms with Gasteiger partial charge >= 0.3 is 0 Å². The Labute approximate surface area is 179 Å². The summed E-state index contributed by atoms with van der Waals surface area (Å²) in [5.74, 6) is 0.420. The maximum absolute atomic E-state index is 13.2. The first-order chi connectivity index (χ1) is 15.1. The van der Waals surface area contributed by atoms with Gasteiger partial charge in [-0.2, -0.15) is 5.10 Å². The molecule has 0 fully saturated rings. The van der Waals surface area contributed by atoms with Gasteiger partial charge in [0.2, 0.25) is 0 Å². The van der Waals surface area contributed by atoms with Crippen LogP contribution in [0.2, 0.25) is 0 Å². The molecule has 0 atom stereocenters. The highest BCUT2D eigenvalue weighted by Crippen LogP contribution is 2.22. The van der Waals surface area contributed by atoms with Crippen molar-refractivity contribution in [3.63, 3.8) is 0 Å². The van der Waals surface area contributed by atoms with Crippen LogP contribution in [-0.4, -0.2) is 42.4 Å². The third kappa shape index (κ3) is 3.40. The lowest BCUT2D eigenvalue weighted by atomic mass is 10.1. The molecule has 7 nitrogen and oxygen atoms in total. The van der Waals surface area contributed by atoms with Crippen molar-refractivity contribution in [2.75, 3.05) is 7.05 Å². The summed E-state index contributed by atoms with van der Waals surface area (Å²) in [6.07, 6.45) is 3.27. The standard InChI is InChI=1S/C24H20N6O/c1-16-18-10-6-7-11-20(18)28-22(27-16)15-29(2)24(31)19-14-26-30-21(12-13-25-23(19)30)17-8-4-3-5-9-17/h3-14H,15H2,1-2H3. The van der Waals surface area contributed by atoms with E-state index in [0.29, 0.717) is 23.6 Å². The van der Waals surface area contributed by atoms with Crippen molar-refractivity contribution in [3.05, 3.63) is 90.1 Å². The molecule has 0 spiro atoms. The number of hydrogen-bond acceptors (Lipinski definition) is 5. The van der Waals surface area contributed by atoms with Crippen LogP contribution in [0.25, 0.3) is 27.8 Å². The molecule has 0 N–H and O–H groups in total. The van der Waals surface area contributed by atoms with Crippen molar-refractivity contribution in [2.45, 2.75) is 13.5 Å². The molecule has 31 heavy (non-hydrogen) atoms. The number of aryl methyl sites for hydroxylation is 1. The zero-order chi connectivity index (χ0) is 21.4. The second kappa shape index (κ2) is 7.60. The Kier molecular flexibility index (Phi) is 4.63. The summed E-state index contributed by atoms with van der Waals surface area (Å²) >= 11 is 0. The molecule has 3 aromatic heterocycles. The number of para-hydroxylation sites is 1. The van der Waals surface area contributed by atoms with Gasteiger partial charge in [-0.05, 0) is 19.1 Å². The van der Waals surface area contributed by atoms with E-state index in [0.717, 1.165) is 27.9 Å². The summed E-state index contributed by atoms with van der Waals surface area (Å²) in [7, 11) is 1.74. The van der Waals surface area contributed by atoms with E-state index in [4.69, 9.17) is 0 Å². The van der Waals surface area contributed by atoms with Gasteiger partial charge < -0.3 is 4.90 Å². The molecule has 1 amide bonds. The van der Waals surface area contributed by atoms with Crippen LogP contribution in [0, 0.1) is 6.92 Å². The quantitative estimate of drug-likeness (QED) is 0.450. The fourth-order valence-electron chi connectivity index (χ4n) is 3.73. The Balaban J connectivity index is 1.46. The Morgan fingerprint density at radius 3 is 2.61 bits per heavy atom. The van der Waals surface area contributed by atoms with E-state index in [2.05, 4.69) is 20.1 Å². The topological polar surface area (TPSA) is 76.3 Å². The number of aromatic nitrogens is 5. The Morgan fingerprint density at radius 2 is 1.77 bits per heavy atom. The summed E-state index contributed by atoms with van der Waals surface area (Å²) in [5, 5.41) is 5.45. The molecule has 5 rings (SSSR count). The van der Waals surface area contributed by atoms with Crippen molar-refractivity contribution in [2.24, 2.45) is 0 Å². The van der Waals surface area contributed by atoms with E-state index in [1.54, 1.807) is 28.9 Å². The molecule has 3 heterocycles. The van der Waals surface area contributed by atoms with Crippen LogP contribution in [0.15, 0.2) is 73.1 Å². The molecule has 0 saturated heterocycles. The molecule has 0 aliphatic rings. The maximum atomic E-state index is 13.2. The van der Waals surface area contributed by atoms with Gasteiger partial charge in [0.25, 0.3) is 5.91 Å². The second-order valence-electron chi connectivity index (χ2n) is 7.39. The summed E-state index contributed by atoms with van der Waals surface area (Å²) in [6, 6.07) is 19.7. The van der Waals surface area contributed by atoms with Crippen LogP contribution in [0.3, 0.4) is 0 Å². The van der Waals surface area contributed by atoms with E-state index in [9.17, 15) is 4.79 Å². The van der Waals surface area contributed by atoms with E-state index >= 15 is 0 Å². The summed E-state index contributed by atoms with van der Waals surface area (Å²) in [5.41, 5.74) is 4.61. The van der Waals surface area contributed by atoms with Gasteiger partial charge in [0.05, 0.1) is 24.0 Å². The van der Waals surface area contributed by atoms with Gasteiger partial charge in [-0.1, -0.05) is 48.5 Å². The molecule has 0 bridgehead atoms. The van der Waals surface area contributed by atoms with Crippen molar-refractivity contribution >= 4 is 22.5 Å². The predicted octanol–water partition coefficient (Wildman–Crippen LogP) is 3.92. The summed E-state index contributed by atoms with van der Waals surface area (Å²) in [6.45, 7) is 2.25. The van der Waals surface area contributed by atoms with Crippen LogP contribution >= 0.6 is 0 Å². The number of hydrogen-bond donors (Lipinski definition) is 0. The fourth-order valence-corrected chi connectivity index (χ4v) is 3.73. The molecule has 0 unspecified atom stereocenters.